The number of para-hydroxylation sites is 1. The van der Waals surface area contributed by atoms with E-state index in [0.29, 0.717) is 16.7 Å². The molecule has 0 unspecified atom stereocenters. The fraction of sp³-hybridized carbons (Fsp3) is 0.227. The van der Waals surface area contributed by atoms with Crippen molar-refractivity contribution in [2.24, 2.45) is 0 Å². The van der Waals surface area contributed by atoms with E-state index in [1.807, 2.05) is 47.9 Å². The van der Waals surface area contributed by atoms with Crippen LogP contribution in [0.3, 0.4) is 0 Å². The number of rotatable bonds is 7. The molecule has 0 saturated heterocycles. The van der Waals surface area contributed by atoms with Crippen LogP contribution in [-0.2, 0) is 9.53 Å². The van der Waals surface area contributed by atoms with E-state index in [1.165, 1.54) is 0 Å². The van der Waals surface area contributed by atoms with Crippen LogP contribution in [0.15, 0.2) is 48.5 Å². The number of carbonyl (C=O) groups excluding carboxylic acids is 2. The Hall–Kier alpha value is -3.59. The second-order valence-corrected chi connectivity index (χ2v) is 6.19. The third kappa shape index (κ3) is 3.74. The summed E-state index contributed by atoms with van der Waals surface area (Å²) in [7, 11) is 0. The molecule has 6 nitrogen and oxygen atoms in total. The van der Waals surface area contributed by atoms with Crippen molar-refractivity contribution in [3.8, 4) is 17.5 Å². The maximum atomic E-state index is 12.6. The Morgan fingerprint density at radius 3 is 2.57 bits per heavy atom. The van der Waals surface area contributed by atoms with Crippen molar-refractivity contribution in [1.82, 2.24) is 4.57 Å². The first-order valence-electron chi connectivity index (χ1n) is 8.95. The van der Waals surface area contributed by atoms with Gasteiger partial charge in [-0.1, -0.05) is 18.2 Å². The van der Waals surface area contributed by atoms with E-state index >= 15 is 0 Å². The molecule has 142 valence electrons. The second kappa shape index (κ2) is 8.40. The summed E-state index contributed by atoms with van der Waals surface area (Å²) in [6.45, 7) is 3.72. The van der Waals surface area contributed by atoms with Crippen molar-refractivity contribution >= 4 is 22.7 Å². The fourth-order valence-corrected chi connectivity index (χ4v) is 3.16. The molecule has 28 heavy (non-hydrogen) atoms. The third-order valence-corrected chi connectivity index (χ3v) is 4.35. The van der Waals surface area contributed by atoms with Gasteiger partial charge in [0.05, 0.1) is 30.2 Å². The fourth-order valence-electron chi connectivity index (χ4n) is 3.16. The highest BCUT2D eigenvalue weighted by Crippen LogP contribution is 2.32. The van der Waals surface area contributed by atoms with Crippen LogP contribution in [0.5, 0.6) is 5.75 Å². The molecule has 2 aromatic carbocycles. The Bertz CT molecular complexity index is 1060. The number of aromatic nitrogens is 1. The number of esters is 1. The molecule has 0 aliphatic rings. The number of nitriles is 1. The van der Waals surface area contributed by atoms with E-state index in [2.05, 4.69) is 0 Å². The molecule has 0 aliphatic carbocycles. The van der Waals surface area contributed by atoms with Crippen LogP contribution in [-0.4, -0.2) is 29.5 Å². The molecule has 0 amide bonds. The number of fused-ring (bicyclic) bond motifs is 1. The smallest absolute Gasteiger partial charge is 0.340 e. The molecule has 0 aliphatic heterocycles. The highest BCUT2D eigenvalue weighted by atomic mass is 16.5. The quantitative estimate of drug-likeness (QED) is 0.583. The molecule has 0 fully saturated rings. The van der Waals surface area contributed by atoms with Gasteiger partial charge in [0.2, 0.25) is 0 Å². The maximum Gasteiger partial charge on any atom is 0.340 e. The molecule has 0 N–H and O–H groups in total. The lowest BCUT2D eigenvalue weighted by Crippen LogP contribution is -2.10. The van der Waals surface area contributed by atoms with Gasteiger partial charge in [-0.05, 0) is 44.2 Å². The number of carbonyl (C=O) groups is 2. The van der Waals surface area contributed by atoms with E-state index < -0.39 is 5.97 Å². The maximum absolute atomic E-state index is 12.6. The van der Waals surface area contributed by atoms with Gasteiger partial charge in [0.1, 0.15) is 12.4 Å². The standard InChI is InChI=1S/C22H20N2O4/c1-3-27-22(26)21-15(2)24(16-7-5-4-6-8-16)20-10-9-18(13-19(20)21)28-14-17(25)11-12-23/h4-10,13H,3,11,14H2,1-2H3. The Balaban J connectivity index is 2.10. The first-order valence-corrected chi connectivity index (χ1v) is 8.95. The summed E-state index contributed by atoms with van der Waals surface area (Å²) in [5.41, 5.74) is 2.99. The number of benzene rings is 2. The number of nitrogens with zero attached hydrogens (tertiary/aromatic N) is 2. The summed E-state index contributed by atoms with van der Waals surface area (Å²) < 4.78 is 12.8. The van der Waals surface area contributed by atoms with Crippen molar-refractivity contribution < 1.29 is 19.1 Å². The average molecular weight is 376 g/mol. The number of hydrogen-bond acceptors (Lipinski definition) is 5. The number of ether oxygens (including phenoxy) is 2. The van der Waals surface area contributed by atoms with Gasteiger partial charge < -0.3 is 14.0 Å². The Kier molecular flexibility index (Phi) is 5.75. The van der Waals surface area contributed by atoms with E-state index in [4.69, 9.17) is 14.7 Å². The zero-order chi connectivity index (χ0) is 20.1. The van der Waals surface area contributed by atoms with Crippen molar-refractivity contribution in [1.29, 1.82) is 5.26 Å². The van der Waals surface area contributed by atoms with E-state index in [0.717, 1.165) is 16.9 Å². The van der Waals surface area contributed by atoms with Crippen LogP contribution in [0.1, 0.15) is 29.4 Å². The van der Waals surface area contributed by atoms with Gasteiger partial charge in [-0.3, -0.25) is 4.79 Å². The number of hydrogen-bond donors (Lipinski definition) is 0. The first kappa shape index (κ1) is 19.2. The van der Waals surface area contributed by atoms with E-state index in [1.54, 1.807) is 25.1 Å². The molecule has 3 rings (SSSR count). The van der Waals surface area contributed by atoms with Gasteiger partial charge in [-0.2, -0.15) is 5.26 Å². The van der Waals surface area contributed by atoms with Gasteiger partial charge in [-0.15, -0.1) is 0 Å². The lowest BCUT2D eigenvalue weighted by Gasteiger charge is -2.09. The van der Waals surface area contributed by atoms with Crippen molar-refractivity contribution in [3.05, 3.63) is 59.8 Å². The molecular weight excluding hydrogens is 356 g/mol. The molecule has 0 radical (unpaired) electrons. The summed E-state index contributed by atoms with van der Waals surface area (Å²) in [6.07, 6.45) is -0.195. The van der Waals surface area contributed by atoms with Crippen LogP contribution < -0.4 is 4.74 Å². The lowest BCUT2D eigenvalue weighted by atomic mass is 10.1. The van der Waals surface area contributed by atoms with Gasteiger partial charge in [-0.25, -0.2) is 4.79 Å². The average Bonchev–Trinajstić information content (AvgIpc) is 2.98. The zero-order valence-corrected chi connectivity index (χ0v) is 15.8. The topological polar surface area (TPSA) is 81.3 Å². The molecular formula is C22H20N2O4. The van der Waals surface area contributed by atoms with Crippen LogP contribution >= 0.6 is 0 Å². The summed E-state index contributed by atoms with van der Waals surface area (Å²) in [4.78, 5) is 24.2. The van der Waals surface area contributed by atoms with Crippen molar-refractivity contribution in [3.63, 3.8) is 0 Å². The molecule has 1 heterocycles. The minimum atomic E-state index is -0.405. The molecule has 0 atom stereocenters. The van der Waals surface area contributed by atoms with Crippen LogP contribution in [0.25, 0.3) is 16.6 Å². The van der Waals surface area contributed by atoms with Crippen LogP contribution in [0, 0.1) is 18.3 Å². The third-order valence-electron chi connectivity index (χ3n) is 4.35. The Labute approximate surface area is 162 Å². The monoisotopic (exact) mass is 376 g/mol. The molecule has 3 aromatic rings. The SMILES string of the molecule is CCOC(=O)c1c(C)n(-c2ccccc2)c2ccc(OCC(=O)CC#N)cc12. The van der Waals surface area contributed by atoms with Crippen LogP contribution in [0.4, 0.5) is 0 Å². The molecule has 6 heteroatoms. The Morgan fingerprint density at radius 2 is 1.89 bits per heavy atom. The van der Waals surface area contributed by atoms with Crippen molar-refractivity contribution in [2.75, 3.05) is 13.2 Å². The van der Waals surface area contributed by atoms with Gasteiger partial charge in [0.25, 0.3) is 0 Å². The molecule has 0 spiro atoms. The second-order valence-electron chi connectivity index (χ2n) is 6.19. The predicted molar refractivity (Wildman–Crippen MR) is 105 cm³/mol. The van der Waals surface area contributed by atoms with E-state index in [-0.39, 0.29) is 25.4 Å². The highest BCUT2D eigenvalue weighted by molar-refractivity contribution is 6.07. The first-order chi connectivity index (χ1) is 13.6. The van der Waals surface area contributed by atoms with Gasteiger partial charge in [0.15, 0.2) is 5.78 Å². The lowest BCUT2D eigenvalue weighted by molar-refractivity contribution is -0.120. The minimum Gasteiger partial charge on any atom is -0.486 e. The zero-order valence-electron chi connectivity index (χ0n) is 15.8. The summed E-state index contributed by atoms with van der Waals surface area (Å²) >= 11 is 0. The van der Waals surface area contributed by atoms with E-state index in [9.17, 15) is 9.59 Å². The molecule has 0 saturated carbocycles. The number of Topliss-reactive ketones (excluding diaryl/α,β-unsaturated/α-hetero) is 1. The minimum absolute atomic E-state index is 0.188. The largest absolute Gasteiger partial charge is 0.486 e. The summed E-state index contributed by atoms with van der Waals surface area (Å²) in [5.74, 6) is -0.252. The number of ketones is 1. The normalized spacial score (nSPS) is 10.5. The van der Waals surface area contributed by atoms with Crippen LogP contribution in [0.2, 0.25) is 0 Å². The Morgan fingerprint density at radius 1 is 1.14 bits per heavy atom. The summed E-state index contributed by atoms with van der Waals surface area (Å²) in [6, 6.07) is 16.9. The summed E-state index contributed by atoms with van der Waals surface area (Å²) in [5, 5.41) is 9.27. The van der Waals surface area contributed by atoms with Gasteiger partial charge >= 0.3 is 5.97 Å². The van der Waals surface area contributed by atoms with Gasteiger partial charge in [0, 0.05) is 16.8 Å². The highest BCUT2D eigenvalue weighted by Gasteiger charge is 2.22. The molecule has 0 bridgehead atoms. The molecule has 1 aromatic heterocycles. The predicted octanol–water partition coefficient (Wildman–Crippen LogP) is 3.98. The van der Waals surface area contributed by atoms with Crippen molar-refractivity contribution in [2.45, 2.75) is 20.3 Å².